The molecule has 3 aliphatic heterocycles. The number of carbonyl (C=O) groups is 3. The van der Waals surface area contributed by atoms with Crippen LogP contribution in [0.25, 0.3) is 11.0 Å². The molecule has 1 aromatic heterocycles. The highest BCUT2D eigenvalue weighted by Crippen LogP contribution is 2.61. The second-order valence-corrected chi connectivity index (χ2v) is 13.7. The molecule has 3 fully saturated rings. The van der Waals surface area contributed by atoms with Gasteiger partial charge in [0, 0.05) is 23.6 Å². The van der Waals surface area contributed by atoms with Crippen LogP contribution in [-0.4, -0.2) is 95.9 Å². The lowest BCUT2D eigenvalue weighted by molar-refractivity contribution is -0.153. The number of alkyl halides is 1. The largest absolute Gasteiger partial charge is 0.394 e. The van der Waals surface area contributed by atoms with Gasteiger partial charge in [-0.2, -0.15) is 0 Å². The Morgan fingerprint density at radius 3 is 2.48 bits per heavy atom. The van der Waals surface area contributed by atoms with Crippen molar-refractivity contribution in [1.82, 2.24) is 24.8 Å². The van der Waals surface area contributed by atoms with E-state index in [-0.39, 0.29) is 54.8 Å². The molecule has 0 aliphatic carbocycles. The maximum absolute atomic E-state index is 14.9. The van der Waals surface area contributed by atoms with Crippen LogP contribution in [0.5, 0.6) is 0 Å². The zero-order chi connectivity index (χ0) is 32.7. The van der Waals surface area contributed by atoms with Gasteiger partial charge in [0.05, 0.1) is 36.1 Å². The number of rotatable bonds is 12. The van der Waals surface area contributed by atoms with Crippen LogP contribution in [0.2, 0.25) is 0 Å². The first-order valence-electron chi connectivity index (χ1n) is 15.6. The Labute approximate surface area is 276 Å². The molecular weight excluding hydrogens is 652 g/mol. The van der Waals surface area contributed by atoms with E-state index in [1.807, 2.05) is 68.4 Å². The maximum Gasteiger partial charge on any atom is 0.250 e. The number of para-hydroxylation sites is 2. The zero-order valence-corrected chi connectivity index (χ0v) is 27.6. The van der Waals surface area contributed by atoms with Crippen molar-refractivity contribution >= 4 is 50.4 Å². The van der Waals surface area contributed by atoms with Crippen molar-refractivity contribution in [2.45, 2.75) is 55.6 Å². The minimum Gasteiger partial charge on any atom is -0.394 e. The van der Waals surface area contributed by atoms with Crippen LogP contribution in [0.15, 0.2) is 79.9 Å². The molecule has 6 rings (SSSR count). The van der Waals surface area contributed by atoms with E-state index >= 15 is 0 Å². The minimum atomic E-state index is -1.30. The standard InChI is InChI=1S/C34H39BrN6O5/c1-5-16-38(20-40-25-15-11-10-14-24(25)36-37-40)33(45)30-34-18-23(35)29(46-34)27(28(34)32(44)41(30)26(19-42)21(3)4)31(43)39(17-6-2)22-12-8-7-9-13-22/h5-15,21,23,26-30,42H,1-2,16-20H2,3-4H3/t23?,26-,27-,28-,29-,30?,34?/m0/s1. The number of aliphatic hydroxyl groups excluding tert-OH is 1. The first kappa shape index (κ1) is 32.1. The number of hydrogen-bond acceptors (Lipinski definition) is 7. The van der Waals surface area contributed by atoms with Crippen LogP contribution in [0, 0.1) is 17.8 Å². The van der Waals surface area contributed by atoms with Crippen molar-refractivity contribution in [2.24, 2.45) is 17.8 Å². The van der Waals surface area contributed by atoms with Gasteiger partial charge >= 0.3 is 0 Å². The van der Waals surface area contributed by atoms with Crippen molar-refractivity contribution in [1.29, 1.82) is 0 Å². The van der Waals surface area contributed by atoms with Gasteiger partial charge in [0.25, 0.3) is 0 Å². The fraction of sp³-hybridized carbons (Fsp3) is 0.441. The second kappa shape index (κ2) is 12.7. The molecule has 2 bridgehead atoms. The number of ether oxygens (including phenoxy) is 1. The predicted octanol–water partition coefficient (Wildman–Crippen LogP) is 3.39. The SMILES string of the molecule is C=CCN(Cn1nnc2ccccc21)C(=O)C1N([C@@H](CO)C(C)C)C(=O)[C@@H]2[C@H](C(=O)N(CC=C)c3ccccc3)[C@H]3OC12CC3Br. The molecule has 0 saturated carbocycles. The molecule has 12 heteroatoms. The molecule has 2 aromatic carbocycles. The summed E-state index contributed by atoms with van der Waals surface area (Å²) in [6.07, 6.45) is 2.99. The number of likely N-dealkylation sites (tertiary alicyclic amines) is 1. The van der Waals surface area contributed by atoms with E-state index in [1.54, 1.807) is 26.6 Å². The van der Waals surface area contributed by atoms with Crippen molar-refractivity contribution in [3.05, 3.63) is 79.9 Å². The average molecular weight is 692 g/mol. The average Bonchev–Trinajstić information content (AvgIpc) is 3.77. The molecule has 11 nitrogen and oxygen atoms in total. The fourth-order valence-corrected chi connectivity index (χ4v) is 8.52. The molecule has 242 valence electrons. The Balaban J connectivity index is 1.43. The summed E-state index contributed by atoms with van der Waals surface area (Å²) in [6, 6.07) is 15.0. The molecule has 7 atom stereocenters. The number of benzene rings is 2. The lowest BCUT2D eigenvalue weighted by atomic mass is 9.70. The molecule has 46 heavy (non-hydrogen) atoms. The predicted molar refractivity (Wildman–Crippen MR) is 177 cm³/mol. The van der Waals surface area contributed by atoms with Crippen molar-refractivity contribution < 1.29 is 24.2 Å². The summed E-state index contributed by atoms with van der Waals surface area (Å²) >= 11 is 3.76. The molecular formula is C34H39BrN6O5. The molecule has 3 aromatic rings. The van der Waals surface area contributed by atoms with Crippen LogP contribution >= 0.6 is 15.9 Å². The summed E-state index contributed by atoms with van der Waals surface area (Å²) in [5.41, 5.74) is 0.824. The van der Waals surface area contributed by atoms with Gasteiger partial charge < -0.3 is 24.5 Å². The highest BCUT2D eigenvalue weighted by atomic mass is 79.9. The maximum atomic E-state index is 14.9. The van der Waals surface area contributed by atoms with Gasteiger partial charge in [-0.05, 0) is 36.6 Å². The van der Waals surface area contributed by atoms with Crippen molar-refractivity contribution in [3.8, 4) is 0 Å². The summed E-state index contributed by atoms with van der Waals surface area (Å²) < 4.78 is 8.40. The lowest BCUT2D eigenvalue weighted by Crippen LogP contribution is -2.60. The van der Waals surface area contributed by atoms with E-state index in [2.05, 4.69) is 39.4 Å². The number of aliphatic hydroxyl groups is 1. The van der Waals surface area contributed by atoms with Crippen molar-refractivity contribution in [3.63, 3.8) is 0 Å². The van der Waals surface area contributed by atoms with Gasteiger partial charge in [-0.1, -0.05) is 77.5 Å². The molecule has 3 aliphatic rings. The number of anilines is 1. The van der Waals surface area contributed by atoms with Crippen LogP contribution in [0.1, 0.15) is 20.3 Å². The molecule has 3 unspecified atom stereocenters. The number of hydrogen-bond donors (Lipinski definition) is 1. The Kier molecular flexibility index (Phi) is 8.88. The third-order valence-electron chi connectivity index (χ3n) is 9.59. The summed E-state index contributed by atoms with van der Waals surface area (Å²) in [6.45, 7) is 11.7. The monoisotopic (exact) mass is 690 g/mol. The highest BCUT2D eigenvalue weighted by molar-refractivity contribution is 9.09. The number of aromatic nitrogens is 3. The van der Waals surface area contributed by atoms with Gasteiger partial charge in [-0.15, -0.1) is 18.3 Å². The van der Waals surface area contributed by atoms with E-state index in [4.69, 9.17) is 4.74 Å². The van der Waals surface area contributed by atoms with Crippen LogP contribution < -0.4 is 4.90 Å². The summed E-state index contributed by atoms with van der Waals surface area (Å²) in [5, 5.41) is 19.1. The van der Waals surface area contributed by atoms with Crippen LogP contribution in [-0.2, 0) is 25.8 Å². The van der Waals surface area contributed by atoms with E-state index in [0.29, 0.717) is 17.6 Å². The normalized spacial score (nSPS) is 27.2. The molecule has 4 heterocycles. The summed E-state index contributed by atoms with van der Waals surface area (Å²) in [7, 11) is 0. The Bertz CT molecular complexity index is 1650. The first-order valence-corrected chi connectivity index (χ1v) is 16.5. The number of nitrogens with zero attached hydrogens (tertiary/aromatic N) is 6. The Morgan fingerprint density at radius 2 is 1.80 bits per heavy atom. The Morgan fingerprint density at radius 1 is 1.11 bits per heavy atom. The highest BCUT2D eigenvalue weighted by Gasteiger charge is 2.77. The molecule has 0 radical (unpaired) electrons. The summed E-state index contributed by atoms with van der Waals surface area (Å²) in [5.74, 6) is -2.95. The van der Waals surface area contributed by atoms with Gasteiger partial charge in [-0.25, -0.2) is 4.68 Å². The zero-order valence-electron chi connectivity index (χ0n) is 26.0. The molecule has 3 amide bonds. The third kappa shape index (κ3) is 5.07. The lowest BCUT2D eigenvalue weighted by Gasteiger charge is -2.40. The quantitative estimate of drug-likeness (QED) is 0.229. The topological polar surface area (TPSA) is 121 Å². The number of fused-ring (bicyclic) bond motifs is 2. The van der Waals surface area contributed by atoms with E-state index < -0.39 is 35.6 Å². The fourth-order valence-electron chi connectivity index (χ4n) is 7.58. The molecule has 3 saturated heterocycles. The second-order valence-electron chi connectivity index (χ2n) is 12.5. The van der Waals surface area contributed by atoms with Gasteiger partial charge in [0.15, 0.2) is 0 Å². The van der Waals surface area contributed by atoms with Gasteiger partial charge in [-0.3, -0.25) is 14.4 Å². The van der Waals surface area contributed by atoms with E-state index in [1.165, 1.54) is 4.90 Å². The molecule has 1 spiro atoms. The number of carbonyl (C=O) groups excluding carboxylic acids is 3. The Hall–Kier alpha value is -3.87. The smallest absolute Gasteiger partial charge is 0.250 e. The minimum absolute atomic E-state index is 0.0563. The van der Waals surface area contributed by atoms with Gasteiger partial charge in [0.1, 0.15) is 23.8 Å². The van der Waals surface area contributed by atoms with E-state index in [9.17, 15) is 19.5 Å². The third-order valence-corrected chi connectivity index (χ3v) is 10.4. The van der Waals surface area contributed by atoms with Crippen molar-refractivity contribution in [2.75, 3.05) is 24.6 Å². The van der Waals surface area contributed by atoms with Gasteiger partial charge in [0.2, 0.25) is 17.7 Å². The molecule has 1 N–H and O–H groups in total. The number of halogens is 1. The first-order chi connectivity index (χ1) is 22.2. The van der Waals surface area contributed by atoms with E-state index in [0.717, 1.165) is 5.52 Å². The summed E-state index contributed by atoms with van der Waals surface area (Å²) in [4.78, 5) is 48.6. The van der Waals surface area contributed by atoms with Crippen LogP contribution in [0.4, 0.5) is 5.69 Å². The van der Waals surface area contributed by atoms with Crippen LogP contribution in [0.3, 0.4) is 0 Å². The number of amides is 3.